The van der Waals surface area contributed by atoms with Crippen molar-refractivity contribution in [2.45, 2.75) is 45.2 Å². The van der Waals surface area contributed by atoms with E-state index >= 15 is 0 Å². The molecule has 4 heteroatoms. The summed E-state index contributed by atoms with van der Waals surface area (Å²) >= 11 is 0. The van der Waals surface area contributed by atoms with Gasteiger partial charge in [0.05, 0.1) is 6.54 Å². The van der Waals surface area contributed by atoms with E-state index in [1.54, 1.807) is 6.08 Å². The van der Waals surface area contributed by atoms with Crippen molar-refractivity contribution in [2.75, 3.05) is 13.2 Å². The van der Waals surface area contributed by atoms with Crippen LogP contribution in [0.4, 0.5) is 0 Å². The summed E-state index contributed by atoms with van der Waals surface area (Å²) in [6, 6.07) is 0. The van der Waals surface area contributed by atoms with Crippen molar-refractivity contribution in [2.24, 2.45) is 4.99 Å². The van der Waals surface area contributed by atoms with Gasteiger partial charge in [-0.1, -0.05) is 19.3 Å². The van der Waals surface area contributed by atoms with Crippen LogP contribution >= 0.6 is 0 Å². The Morgan fingerprint density at radius 3 is 2.43 bits per heavy atom. The number of aliphatic imine (C=N–C) groups is 1. The molecular weight excluding hydrogens is 194 g/mol. The van der Waals surface area contributed by atoms with Crippen LogP contribution in [-0.2, 0) is 9.22 Å². The van der Waals surface area contributed by atoms with E-state index < -0.39 is 9.04 Å². The van der Waals surface area contributed by atoms with E-state index in [1.165, 1.54) is 19.3 Å². The van der Waals surface area contributed by atoms with Crippen molar-refractivity contribution in [1.82, 2.24) is 0 Å². The lowest BCUT2D eigenvalue weighted by Gasteiger charge is -2.05. The third kappa shape index (κ3) is 11.6. The minimum atomic E-state index is -0.803. The van der Waals surface area contributed by atoms with Gasteiger partial charge < -0.3 is 4.43 Å². The number of rotatable bonds is 9. The van der Waals surface area contributed by atoms with Gasteiger partial charge >= 0.3 is 0 Å². The second-order valence-corrected chi connectivity index (χ2v) is 6.09. The average molecular weight is 215 g/mol. The van der Waals surface area contributed by atoms with Gasteiger partial charge in [0.25, 0.3) is 0 Å². The lowest BCUT2D eigenvalue weighted by molar-refractivity contribution is 0.312. The first kappa shape index (κ1) is 13.6. The highest BCUT2D eigenvalue weighted by Gasteiger charge is 1.94. The molecule has 0 aromatic carbocycles. The minimum absolute atomic E-state index is 0.638. The lowest BCUT2D eigenvalue weighted by Crippen LogP contribution is -2.08. The zero-order valence-electron chi connectivity index (χ0n) is 9.29. The topological polar surface area (TPSA) is 38.7 Å². The lowest BCUT2D eigenvalue weighted by atomic mass is 10.1. The third-order valence-corrected chi connectivity index (χ3v) is 2.83. The van der Waals surface area contributed by atoms with Crippen molar-refractivity contribution in [1.29, 1.82) is 0 Å². The van der Waals surface area contributed by atoms with Gasteiger partial charge in [-0.05, 0) is 25.9 Å². The number of hydrogen-bond acceptors (Lipinski definition) is 3. The Morgan fingerprint density at radius 1 is 1.14 bits per heavy atom. The molecule has 0 saturated carbocycles. The molecule has 3 nitrogen and oxygen atoms in total. The van der Waals surface area contributed by atoms with Crippen molar-refractivity contribution >= 4 is 15.1 Å². The quantitative estimate of drug-likeness (QED) is 0.256. The van der Waals surface area contributed by atoms with E-state index in [0.29, 0.717) is 6.54 Å². The molecule has 0 N–H and O–H groups in total. The summed E-state index contributed by atoms with van der Waals surface area (Å²) in [5.74, 6) is 0. The molecule has 0 aliphatic carbocycles. The second kappa shape index (κ2) is 10.6. The maximum absolute atomic E-state index is 9.74. The maximum atomic E-state index is 9.74. The van der Waals surface area contributed by atoms with E-state index in [-0.39, 0.29) is 0 Å². The molecule has 0 spiro atoms. The average Bonchev–Trinajstić information content (AvgIpc) is 2.15. The van der Waals surface area contributed by atoms with Crippen LogP contribution in [0.5, 0.6) is 0 Å². The van der Waals surface area contributed by atoms with Gasteiger partial charge in [0.2, 0.25) is 6.08 Å². The van der Waals surface area contributed by atoms with E-state index in [4.69, 9.17) is 4.43 Å². The Kier molecular flexibility index (Phi) is 10.3. The monoisotopic (exact) mass is 215 g/mol. The number of isocyanates is 1. The van der Waals surface area contributed by atoms with Crippen LogP contribution in [-0.4, -0.2) is 28.3 Å². The predicted molar refractivity (Wildman–Crippen MR) is 60.9 cm³/mol. The molecule has 0 radical (unpaired) electrons. The van der Waals surface area contributed by atoms with Gasteiger partial charge in [0.15, 0.2) is 9.04 Å². The predicted octanol–water partition coefficient (Wildman–Crippen LogP) is 2.27. The SMILES string of the molecule is C[SiH](C)OCCCCCCCN=C=O. The zero-order chi connectivity index (χ0) is 10.6. The Hall–Kier alpha value is -0.443. The molecule has 0 saturated heterocycles. The highest BCUT2D eigenvalue weighted by Crippen LogP contribution is 2.03. The number of unbranched alkanes of at least 4 members (excludes halogenated alkanes) is 4. The summed E-state index contributed by atoms with van der Waals surface area (Å²) < 4.78 is 5.56. The van der Waals surface area contributed by atoms with Crippen LogP contribution < -0.4 is 0 Å². The molecule has 14 heavy (non-hydrogen) atoms. The first-order valence-corrected chi connectivity index (χ1v) is 8.20. The molecule has 0 amide bonds. The van der Waals surface area contributed by atoms with Crippen LogP contribution in [0.3, 0.4) is 0 Å². The normalized spacial score (nSPS) is 10.2. The molecule has 0 bridgehead atoms. The fraction of sp³-hybridized carbons (Fsp3) is 0.900. The van der Waals surface area contributed by atoms with Crippen molar-refractivity contribution in [3.8, 4) is 0 Å². The molecule has 0 aliphatic heterocycles. The van der Waals surface area contributed by atoms with E-state index in [2.05, 4.69) is 18.1 Å². The van der Waals surface area contributed by atoms with Crippen LogP contribution in [0, 0.1) is 0 Å². The summed E-state index contributed by atoms with van der Waals surface area (Å²) in [6.45, 7) is 5.95. The van der Waals surface area contributed by atoms with Crippen molar-refractivity contribution in [3.05, 3.63) is 0 Å². The summed E-state index contributed by atoms with van der Waals surface area (Å²) in [4.78, 5) is 13.2. The molecule has 0 fully saturated rings. The highest BCUT2D eigenvalue weighted by molar-refractivity contribution is 6.48. The molecule has 0 aliphatic rings. The smallest absolute Gasteiger partial charge is 0.234 e. The summed E-state index contributed by atoms with van der Waals surface area (Å²) in [5, 5.41) is 0. The molecule has 0 heterocycles. The summed E-state index contributed by atoms with van der Waals surface area (Å²) in [7, 11) is -0.803. The number of nitrogens with zero attached hydrogens (tertiary/aromatic N) is 1. The molecule has 82 valence electrons. The Morgan fingerprint density at radius 2 is 1.79 bits per heavy atom. The minimum Gasteiger partial charge on any atom is -0.421 e. The van der Waals surface area contributed by atoms with Crippen LogP contribution in [0.25, 0.3) is 0 Å². The summed E-state index contributed by atoms with van der Waals surface area (Å²) in [6.07, 6.45) is 7.33. The Labute approximate surface area is 88.3 Å². The van der Waals surface area contributed by atoms with Gasteiger partial charge in [0.1, 0.15) is 0 Å². The first-order valence-electron chi connectivity index (χ1n) is 5.42. The Bertz CT molecular complexity index is 168. The molecule has 0 rings (SSSR count). The zero-order valence-corrected chi connectivity index (χ0v) is 10.4. The first-order chi connectivity index (χ1) is 6.77. The molecule has 0 atom stereocenters. The van der Waals surface area contributed by atoms with Gasteiger partial charge in [-0.25, -0.2) is 9.79 Å². The van der Waals surface area contributed by atoms with E-state index in [9.17, 15) is 4.79 Å². The fourth-order valence-corrected chi connectivity index (χ4v) is 1.83. The van der Waals surface area contributed by atoms with Crippen molar-refractivity contribution < 1.29 is 9.22 Å². The third-order valence-electron chi connectivity index (χ3n) is 1.93. The number of carbonyl (C=O) groups excluding carboxylic acids is 1. The second-order valence-electron chi connectivity index (χ2n) is 3.66. The van der Waals surface area contributed by atoms with E-state index in [1.807, 2.05) is 0 Å². The highest BCUT2D eigenvalue weighted by atomic mass is 28.3. The standard InChI is InChI=1S/C10H21NO2Si/c1-14(2)13-9-7-5-3-4-6-8-11-10-12/h14H,3-9H2,1-2H3. The van der Waals surface area contributed by atoms with Gasteiger partial charge in [-0.2, -0.15) is 0 Å². The molecule has 0 aromatic rings. The fourth-order valence-electron chi connectivity index (χ4n) is 1.19. The van der Waals surface area contributed by atoms with Gasteiger partial charge in [-0.15, -0.1) is 0 Å². The van der Waals surface area contributed by atoms with Gasteiger partial charge in [0, 0.05) is 6.61 Å². The molecule has 0 aromatic heterocycles. The van der Waals surface area contributed by atoms with E-state index in [0.717, 1.165) is 19.4 Å². The summed E-state index contributed by atoms with van der Waals surface area (Å²) in [5.41, 5.74) is 0. The van der Waals surface area contributed by atoms with Crippen LogP contribution in [0.15, 0.2) is 4.99 Å². The van der Waals surface area contributed by atoms with Crippen molar-refractivity contribution in [3.63, 3.8) is 0 Å². The maximum Gasteiger partial charge on any atom is 0.234 e. The molecule has 0 unspecified atom stereocenters. The molecular formula is C10H21NO2Si. The largest absolute Gasteiger partial charge is 0.421 e. The number of hydrogen-bond donors (Lipinski definition) is 0. The Balaban J connectivity index is 2.95. The van der Waals surface area contributed by atoms with Crippen LogP contribution in [0.1, 0.15) is 32.1 Å². The van der Waals surface area contributed by atoms with Crippen LogP contribution in [0.2, 0.25) is 13.1 Å². The van der Waals surface area contributed by atoms with Gasteiger partial charge in [-0.3, -0.25) is 0 Å².